The molecular weight excluding hydrogens is 254 g/mol. The average molecular weight is 277 g/mol. The van der Waals surface area contributed by atoms with E-state index in [1.165, 1.54) is 5.56 Å². The summed E-state index contributed by atoms with van der Waals surface area (Å²) >= 11 is 0. The molecule has 2 heterocycles. The maximum Gasteiger partial charge on any atom is 0.231 e. The van der Waals surface area contributed by atoms with Crippen molar-refractivity contribution in [3.05, 3.63) is 23.8 Å². The molecule has 1 atom stereocenters. The largest absolute Gasteiger partial charge is 0.454 e. The van der Waals surface area contributed by atoms with Crippen molar-refractivity contribution in [2.24, 2.45) is 5.73 Å². The van der Waals surface area contributed by atoms with Gasteiger partial charge in [-0.25, -0.2) is 0 Å². The van der Waals surface area contributed by atoms with Gasteiger partial charge in [-0.2, -0.15) is 0 Å². The zero-order valence-corrected chi connectivity index (χ0v) is 12.0. The zero-order chi connectivity index (χ0) is 14.0. The monoisotopic (exact) mass is 277 g/mol. The first kappa shape index (κ1) is 13.7. The highest BCUT2D eigenvalue weighted by Gasteiger charge is 2.32. The molecule has 3 rings (SSSR count). The third-order valence-electron chi connectivity index (χ3n) is 4.34. The molecule has 110 valence electrons. The van der Waals surface area contributed by atoms with Gasteiger partial charge in [-0.3, -0.25) is 4.90 Å². The minimum atomic E-state index is -0.00417. The topological polar surface area (TPSA) is 59.8 Å². The number of hydrogen-bond acceptors (Lipinski definition) is 5. The molecule has 1 saturated heterocycles. The molecule has 20 heavy (non-hydrogen) atoms. The molecule has 2 aliphatic rings. The van der Waals surface area contributed by atoms with Gasteiger partial charge in [-0.05, 0) is 31.0 Å². The van der Waals surface area contributed by atoms with Crippen LogP contribution in [0.3, 0.4) is 0 Å². The Kier molecular flexibility index (Phi) is 3.83. The van der Waals surface area contributed by atoms with Crippen LogP contribution in [0.1, 0.15) is 12.5 Å². The molecule has 1 aromatic rings. The van der Waals surface area contributed by atoms with E-state index in [0.717, 1.165) is 44.1 Å². The fourth-order valence-corrected chi connectivity index (χ4v) is 3.01. The smallest absolute Gasteiger partial charge is 0.231 e. The highest BCUT2D eigenvalue weighted by molar-refractivity contribution is 5.44. The Balaban J connectivity index is 1.76. The van der Waals surface area contributed by atoms with Crippen molar-refractivity contribution in [3.8, 4) is 11.5 Å². The van der Waals surface area contributed by atoms with Crippen molar-refractivity contribution in [3.63, 3.8) is 0 Å². The van der Waals surface area contributed by atoms with Crippen LogP contribution in [0.25, 0.3) is 0 Å². The number of nitrogens with two attached hydrogens (primary N) is 1. The minimum absolute atomic E-state index is 0.00417. The molecule has 3 N–H and O–H groups in total. The number of piperazine rings is 1. The van der Waals surface area contributed by atoms with Crippen LogP contribution in [0.5, 0.6) is 11.5 Å². The molecule has 5 heteroatoms. The number of rotatable bonds is 4. The predicted molar refractivity (Wildman–Crippen MR) is 78.2 cm³/mol. The summed E-state index contributed by atoms with van der Waals surface area (Å²) in [7, 11) is 0. The normalized spacial score (nSPS) is 21.7. The number of fused-ring (bicyclic) bond motifs is 1. The lowest BCUT2D eigenvalue weighted by atomic mass is 9.90. The van der Waals surface area contributed by atoms with Crippen molar-refractivity contribution < 1.29 is 9.47 Å². The van der Waals surface area contributed by atoms with Gasteiger partial charge < -0.3 is 20.5 Å². The summed E-state index contributed by atoms with van der Waals surface area (Å²) in [5, 5.41) is 3.39. The van der Waals surface area contributed by atoms with Gasteiger partial charge in [0, 0.05) is 38.3 Å². The number of hydrogen-bond donors (Lipinski definition) is 2. The van der Waals surface area contributed by atoms with E-state index < -0.39 is 0 Å². The van der Waals surface area contributed by atoms with E-state index in [1.807, 2.05) is 6.07 Å². The van der Waals surface area contributed by atoms with E-state index in [1.54, 1.807) is 0 Å². The van der Waals surface area contributed by atoms with Crippen LogP contribution >= 0.6 is 0 Å². The fourth-order valence-electron chi connectivity index (χ4n) is 3.01. The van der Waals surface area contributed by atoms with Crippen LogP contribution in [-0.4, -0.2) is 50.0 Å². The van der Waals surface area contributed by atoms with Crippen LogP contribution in [0.2, 0.25) is 0 Å². The van der Waals surface area contributed by atoms with Gasteiger partial charge in [0.1, 0.15) is 0 Å². The summed E-state index contributed by atoms with van der Waals surface area (Å²) in [4.78, 5) is 2.49. The number of benzene rings is 1. The second-order valence-corrected chi connectivity index (χ2v) is 5.80. The van der Waals surface area contributed by atoms with Gasteiger partial charge in [0.2, 0.25) is 6.79 Å². The van der Waals surface area contributed by atoms with Crippen molar-refractivity contribution in [2.45, 2.75) is 18.9 Å². The summed E-state index contributed by atoms with van der Waals surface area (Å²) < 4.78 is 10.8. The second-order valence-electron chi connectivity index (χ2n) is 5.80. The summed E-state index contributed by atoms with van der Waals surface area (Å²) in [6.45, 7) is 7.42. The summed E-state index contributed by atoms with van der Waals surface area (Å²) in [5.41, 5.74) is 7.33. The van der Waals surface area contributed by atoms with Gasteiger partial charge in [0.25, 0.3) is 0 Å². The average Bonchev–Trinajstić information content (AvgIpc) is 2.95. The van der Waals surface area contributed by atoms with Crippen molar-refractivity contribution in [2.75, 3.05) is 39.5 Å². The number of nitrogens with one attached hydrogen (secondary N) is 1. The standard InChI is InChI=1S/C15H23N3O2/c1-15(10-16,18-6-4-17-5-7-18)9-12-2-3-13-14(8-12)20-11-19-13/h2-3,8,17H,4-7,9-11,16H2,1H3. The van der Waals surface area contributed by atoms with Crippen molar-refractivity contribution >= 4 is 0 Å². The Bertz CT molecular complexity index is 474. The van der Waals surface area contributed by atoms with Gasteiger partial charge in [0.05, 0.1) is 0 Å². The van der Waals surface area contributed by atoms with Gasteiger partial charge in [-0.15, -0.1) is 0 Å². The first-order valence-corrected chi connectivity index (χ1v) is 7.26. The molecule has 1 aromatic carbocycles. The Morgan fingerprint density at radius 1 is 1.25 bits per heavy atom. The Labute approximate surface area is 120 Å². The van der Waals surface area contributed by atoms with E-state index in [2.05, 4.69) is 29.3 Å². The quantitative estimate of drug-likeness (QED) is 0.843. The van der Waals surface area contributed by atoms with E-state index in [9.17, 15) is 0 Å². The molecular formula is C15H23N3O2. The highest BCUT2D eigenvalue weighted by atomic mass is 16.7. The first-order valence-electron chi connectivity index (χ1n) is 7.26. The lowest BCUT2D eigenvalue weighted by molar-refractivity contribution is 0.0946. The second kappa shape index (κ2) is 5.60. The van der Waals surface area contributed by atoms with E-state index in [0.29, 0.717) is 13.3 Å². The molecule has 2 aliphatic heterocycles. The van der Waals surface area contributed by atoms with Crippen LogP contribution < -0.4 is 20.5 Å². The molecule has 1 fully saturated rings. The molecule has 0 amide bonds. The maximum absolute atomic E-state index is 6.08. The molecule has 0 radical (unpaired) electrons. The third-order valence-corrected chi connectivity index (χ3v) is 4.34. The predicted octanol–water partition coefficient (Wildman–Crippen LogP) is 0.580. The summed E-state index contributed by atoms with van der Waals surface area (Å²) in [5.74, 6) is 1.69. The molecule has 0 bridgehead atoms. The van der Waals surface area contributed by atoms with Gasteiger partial charge >= 0.3 is 0 Å². The van der Waals surface area contributed by atoms with E-state index in [4.69, 9.17) is 15.2 Å². The molecule has 0 aromatic heterocycles. The van der Waals surface area contributed by atoms with Crippen molar-refractivity contribution in [1.82, 2.24) is 10.2 Å². The highest BCUT2D eigenvalue weighted by Crippen LogP contribution is 2.34. The van der Waals surface area contributed by atoms with Crippen LogP contribution in [0.4, 0.5) is 0 Å². The number of nitrogens with zero attached hydrogens (tertiary/aromatic N) is 1. The van der Waals surface area contributed by atoms with E-state index >= 15 is 0 Å². The van der Waals surface area contributed by atoms with Crippen LogP contribution in [-0.2, 0) is 6.42 Å². The van der Waals surface area contributed by atoms with Gasteiger partial charge in [-0.1, -0.05) is 6.07 Å². The van der Waals surface area contributed by atoms with Crippen LogP contribution in [0, 0.1) is 0 Å². The SMILES string of the molecule is CC(CN)(Cc1ccc2c(c1)OCO2)N1CCNCC1. The Morgan fingerprint density at radius 3 is 2.75 bits per heavy atom. The van der Waals surface area contributed by atoms with E-state index in [-0.39, 0.29) is 5.54 Å². The molecule has 0 saturated carbocycles. The fraction of sp³-hybridized carbons (Fsp3) is 0.600. The minimum Gasteiger partial charge on any atom is -0.454 e. The Hall–Kier alpha value is -1.30. The van der Waals surface area contributed by atoms with Crippen LogP contribution in [0.15, 0.2) is 18.2 Å². The van der Waals surface area contributed by atoms with Gasteiger partial charge in [0.15, 0.2) is 11.5 Å². The first-order chi connectivity index (χ1) is 9.71. The maximum atomic E-state index is 6.08. The summed E-state index contributed by atoms with van der Waals surface area (Å²) in [6.07, 6.45) is 0.931. The molecule has 1 unspecified atom stereocenters. The molecule has 0 spiro atoms. The molecule has 0 aliphatic carbocycles. The third kappa shape index (κ3) is 2.61. The lowest BCUT2D eigenvalue weighted by Gasteiger charge is -2.43. The summed E-state index contributed by atoms with van der Waals surface area (Å²) in [6, 6.07) is 6.19. The molecule has 5 nitrogen and oxygen atoms in total. The zero-order valence-electron chi connectivity index (χ0n) is 12.0. The number of ether oxygens (including phenoxy) is 2. The lowest BCUT2D eigenvalue weighted by Crippen LogP contribution is -2.59. The van der Waals surface area contributed by atoms with Crippen molar-refractivity contribution in [1.29, 1.82) is 0 Å². The Morgan fingerprint density at radius 2 is 2.00 bits per heavy atom.